The van der Waals surface area contributed by atoms with Crippen LogP contribution in [0.1, 0.15) is 51.0 Å². The van der Waals surface area contributed by atoms with Gasteiger partial charge in [-0.1, -0.05) is 19.4 Å². The van der Waals surface area contributed by atoms with E-state index >= 15 is 0 Å². The summed E-state index contributed by atoms with van der Waals surface area (Å²) in [4.78, 5) is 11.6. The van der Waals surface area contributed by atoms with Crippen LogP contribution in [0.15, 0.2) is 18.2 Å². The normalized spacial score (nSPS) is 17.7. The molecule has 21 heavy (non-hydrogen) atoms. The van der Waals surface area contributed by atoms with Gasteiger partial charge in [0.1, 0.15) is 17.7 Å². The van der Waals surface area contributed by atoms with Crippen molar-refractivity contribution in [2.24, 2.45) is 5.92 Å². The van der Waals surface area contributed by atoms with E-state index in [9.17, 15) is 9.18 Å². The van der Waals surface area contributed by atoms with E-state index in [1.54, 1.807) is 20.1 Å². The van der Waals surface area contributed by atoms with Crippen LogP contribution in [0.3, 0.4) is 0 Å². The van der Waals surface area contributed by atoms with Crippen LogP contribution in [0.2, 0.25) is 0 Å². The van der Waals surface area contributed by atoms with Crippen LogP contribution in [-0.4, -0.2) is 19.2 Å². The van der Waals surface area contributed by atoms with Crippen molar-refractivity contribution >= 4 is 5.97 Å². The lowest BCUT2D eigenvalue weighted by Gasteiger charge is -2.37. The van der Waals surface area contributed by atoms with E-state index in [1.807, 2.05) is 6.92 Å². The maximum Gasteiger partial charge on any atom is 0.305 e. The van der Waals surface area contributed by atoms with Gasteiger partial charge >= 0.3 is 5.97 Å². The van der Waals surface area contributed by atoms with E-state index in [4.69, 9.17) is 9.47 Å². The van der Waals surface area contributed by atoms with Crippen molar-refractivity contribution in [1.29, 1.82) is 0 Å². The zero-order chi connectivity index (χ0) is 15.4. The molecule has 0 radical (unpaired) electrons. The molecule has 2 atom stereocenters. The van der Waals surface area contributed by atoms with Gasteiger partial charge in [0.25, 0.3) is 0 Å². The van der Waals surface area contributed by atoms with Crippen LogP contribution in [0.5, 0.6) is 5.75 Å². The second kappa shape index (κ2) is 6.92. The van der Waals surface area contributed by atoms with Crippen molar-refractivity contribution in [3.63, 3.8) is 0 Å². The first-order valence-electron chi connectivity index (χ1n) is 7.59. The van der Waals surface area contributed by atoms with Crippen LogP contribution in [0.25, 0.3) is 0 Å². The van der Waals surface area contributed by atoms with E-state index in [2.05, 4.69) is 0 Å². The minimum atomic E-state index is -0.318. The highest BCUT2D eigenvalue weighted by atomic mass is 19.1. The van der Waals surface area contributed by atoms with E-state index in [1.165, 1.54) is 18.6 Å². The first kappa shape index (κ1) is 15.8. The molecule has 0 bridgehead atoms. The summed E-state index contributed by atoms with van der Waals surface area (Å²) in [6.07, 6.45) is 3.54. The topological polar surface area (TPSA) is 35.5 Å². The van der Waals surface area contributed by atoms with Crippen LogP contribution >= 0.6 is 0 Å². The summed E-state index contributed by atoms with van der Waals surface area (Å²) in [5.74, 6) is 0.536. The molecule has 0 N–H and O–H groups in total. The molecule has 1 aliphatic carbocycles. The standard InChI is InChI=1S/C17H23FO3/c1-4-16(19)21-11(2)17(12-6-5-7-12)14-9-8-13(18)10-15(14)20-3/h8-12,17H,4-7H2,1-3H3. The Balaban J connectivity index is 2.29. The molecule has 2 rings (SSSR count). The first-order chi connectivity index (χ1) is 10.1. The lowest BCUT2D eigenvalue weighted by molar-refractivity contribution is -0.150. The van der Waals surface area contributed by atoms with Crippen molar-refractivity contribution in [2.45, 2.75) is 51.6 Å². The fourth-order valence-electron chi connectivity index (χ4n) is 3.01. The summed E-state index contributed by atoms with van der Waals surface area (Å²) >= 11 is 0. The minimum absolute atomic E-state index is 0.0600. The second-order valence-corrected chi connectivity index (χ2v) is 5.65. The number of esters is 1. The third-order valence-electron chi connectivity index (χ3n) is 4.32. The predicted octanol–water partition coefficient (Wildman–Crippen LogP) is 4.06. The van der Waals surface area contributed by atoms with Gasteiger partial charge in [0.2, 0.25) is 0 Å². The van der Waals surface area contributed by atoms with Gasteiger partial charge in [0.15, 0.2) is 0 Å². The molecule has 0 heterocycles. The second-order valence-electron chi connectivity index (χ2n) is 5.65. The molecule has 116 valence electrons. The van der Waals surface area contributed by atoms with Gasteiger partial charge in [-0.25, -0.2) is 4.39 Å². The highest BCUT2D eigenvalue weighted by Gasteiger charge is 2.36. The smallest absolute Gasteiger partial charge is 0.305 e. The van der Waals surface area contributed by atoms with Crippen molar-refractivity contribution in [2.75, 3.05) is 7.11 Å². The van der Waals surface area contributed by atoms with E-state index in [0.717, 1.165) is 18.4 Å². The maximum absolute atomic E-state index is 13.4. The molecule has 1 fully saturated rings. The Labute approximate surface area is 125 Å². The van der Waals surface area contributed by atoms with Crippen LogP contribution in [0, 0.1) is 11.7 Å². The van der Waals surface area contributed by atoms with Crippen LogP contribution in [-0.2, 0) is 9.53 Å². The van der Waals surface area contributed by atoms with Gasteiger partial charge in [-0.3, -0.25) is 4.79 Å². The van der Waals surface area contributed by atoms with Crippen molar-refractivity contribution in [1.82, 2.24) is 0 Å². The van der Waals surface area contributed by atoms with Gasteiger partial charge in [0, 0.05) is 24.0 Å². The average Bonchev–Trinajstić information content (AvgIpc) is 2.42. The molecule has 0 amide bonds. The molecule has 0 aliphatic heterocycles. The monoisotopic (exact) mass is 294 g/mol. The van der Waals surface area contributed by atoms with E-state index in [-0.39, 0.29) is 23.8 Å². The molecular formula is C17H23FO3. The minimum Gasteiger partial charge on any atom is -0.496 e. The highest BCUT2D eigenvalue weighted by molar-refractivity contribution is 5.69. The van der Waals surface area contributed by atoms with Crippen LogP contribution < -0.4 is 4.74 Å². The summed E-state index contributed by atoms with van der Waals surface area (Å²) in [5, 5.41) is 0. The Morgan fingerprint density at radius 3 is 2.67 bits per heavy atom. The van der Waals surface area contributed by atoms with Gasteiger partial charge < -0.3 is 9.47 Å². The fourth-order valence-corrected chi connectivity index (χ4v) is 3.01. The molecule has 1 aromatic carbocycles. The summed E-state index contributed by atoms with van der Waals surface area (Å²) < 4.78 is 24.2. The number of halogens is 1. The first-order valence-corrected chi connectivity index (χ1v) is 7.59. The van der Waals surface area contributed by atoms with Crippen molar-refractivity contribution in [3.8, 4) is 5.75 Å². The molecule has 0 saturated heterocycles. The Morgan fingerprint density at radius 1 is 1.43 bits per heavy atom. The molecule has 4 heteroatoms. The average molecular weight is 294 g/mol. The molecular weight excluding hydrogens is 271 g/mol. The Hall–Kier alpha value is -1.58. The van der Waals surface area contributed by atoms with Gasteiger partial charge in [-0.05, 0) is 31.7 Å². The Bertz CT molecular complexity index is 497. The summed E-state index contributed by atoms with van der Waals surface area (Å²) in [5.41, 5.74) is 0.931. The third kappa shape index (κ3) is 3.55. The number of benzene rings is 1. The molecule has 1 saturated carbocycles. The quantitative estimate of drug-likeness (QED) is 0.742. The summed E-state index contributed by atoms with van der Waals surface area (Å²) in [7, 11) is 1.54. The summed E-state index contributed by atoms with van der Waals surface area (Å²) in [6.45, 7) is 3.70. The number of hydrogen-bond donors (Lipinski definition) is 0. The highest BCUT2D eigenvalue weighted by Crippen LogP contribution is 2.45. The molecule has 2 unspecified atom stereocenters. The molecule has 1 aromatic rings. The van der Waals surface area contributed by atoms with Crippen LogP contribution in [0.4, 0.5) is 4.39 Å². The number of hydrogen-bond acceptors (Lipinski definition) is 3. The SMILES string of the molecule is CCC(=O)OC(C)C(c1ccc(F)cc1OC)C1CCC1. The molecule has 0 spiro atoms. The third-order valence-corrected chi connectivity index (χ3v) is 4.32. The van der Waals surface area contributed by atoms with Gasteiger partial charge in [-0.15, -0.1) is 0 Å². The number of carbonyl (C=O) groups is 1. The number of carbonyl (C=O) groups excluding carboxylic acids is 1. The summed E-state index contributed by atoms with van der Waals surface area (Å²) in [6, 6.07) is 4.60. The maximum atomic E-state index is 13.4. The molecule has 0 aromatic heterocycles. The van der Waals surface area contributed by atoms with Crippen molar-refractivity contribution in [3.05, 3.63) is 29.6 Å². The lowest BCUT2D eigenvalue weighted by atomic mass is 9.70. The number of ether oxygens (including phenoxy) is 2. The number of methoxy groups -OCH3 is 1. The van der Waals surface area contributed by atoms with Gasteiger partial charge in [-0.2, -0.15) is 0 Å². The Kier molecular flexibility index (Phi) is 5.21. The lowest BCUT2D eigenvalue weighted by Crippen LogP contribution is -2.32. The predicted molar refractivity (Wildman–Crippen MR) is 78.9 cm³/mol. The zero-order valence-corrected chi connectivity index (χ0v) is 12.9. The molecule has 3 nitrogen and oxygen atoms in total. The Morgan fingerprint density at radius 2 is 2.14 bits per heavy atom. The zero-order valence-electron chi connectivity index (χ0n) is 12.9. The van der Waals surface area contributed by atoms with E-state index in [0.29, 0.717) is 18.1 Å². The fraction of sp³-hybridized carbons (Fsp3) is 0.588. The molecule has 1 aliphatic rings. The van der Waals surface area contributed by atoms with E-state index < -0.39 is 0 Å². The number of rotatable bonds is 6. The van der Waals surface area contributed by atoms with Gasteiger partial charge in [0.05, 0.1) is 7.11 Å². The van der Waals surface area contributed by atoms with Crippen molar-refractivity contribution < 1.29 is 18.7 Å². The largest absolute Gasteiger partial charge is 0.496 e.